The van der Waals surface area contributed by atoms with Crippen molar-refractivity contribution in [3.8, 4) is 23.3 Å². The SMILES string of the molecule is Cc1c(F)c(N)nc(-c2nc3c4c(nc(OC[C@@]56CCCN5C[C@]5(CC5(F)F)C6)nc4c2F)N([C@H](C)c2cccnc2N)CCO3)c1C(F)(F)F. The van der Waals surface area contributed by atoms with Crippen molar-refractivity contribution in [3.63, 3.8) is 0 Å². The van der Waals surface area contributed by atoms with Gasteiger partial charge in [-0.3, -0.25) is 4.90 Å². The van der Waals surface area contributed by atoms with E-state index in [1.807, 2.05) is 4.90 Å². The second-order valence-electron chi connectivity index (χ2n) is 13.9. The van der Waals surface area contributed by atoms with E-state index in [1.54, 1.807) is 24.0 Å². The van der Waals surface area contributed by atoms with Crippen LogP contribution in [0.3, 0.4) is 0 Å². The van der Waals surface area contributed by atoms with Crippen LogP contribution < -0.4 is 25.8 Å². The molecule has 0 aromatic carbocycles. The zero-order valence-corrected chi connectivity index (χ0v) is 27.4. The summed E-state index contributed by atoms with van der Waals surface area (Å²) in [5, 5.41) is -0.0751. The molecule has 2 saturated heterocycles. The topological polar surface area (TPSA) is 141 Å². The predicted octanol–water partition coefficient (Wildman–Crippen LogP) is 5.85. The van der Waals surface area contributed by atoms with Crippen LogP contribution in [0.25, 0.3) is 22.3 Å². The first-order chi connectivity index (χ1) is 24.1. The maximum atomic E-state index is 16.8. The lowest BCUT2D eigenvalue weighted by atomic mass is 9.89. The molecule has 1 aliphatic carbocycles. The van der Waals surface area contributed by atoms with E-state index < -0.39 is 74.6 Å². The molecule has 8 rings (SSSR count). The van der Waals surface area contributed by atoms with Gasteiger partial charge in [0.2, 0.25) is 5.88 Å². The first kappa shape index (κ1) is 33.4. The Labute approximate surface area is 286 Å². The number of alkyl halides is 5. The number of hydrogen-bond donors (Lipinski definition) is 2. The van der Waals surface area contributed by atoms with Crippen LogP contribution in [0, 0.1) is 24.0 Å². The van der Waals surface area contributed by atoms with E-state index in [-0.39, 0.29) is 68.1 Å². The van der Waals surface area contributed by atoms with Crippen LogP contribution in [0.15, 0.2) is 18.3 Å². The Morgan fingerprint density at radius 3 is 2.49 bits per heavy atom. The molecule has 51 heavy (non-hydrogen) atoms. The van der Waals surface area contributed by atoms with E-state index in [1.165, 1.54) is 6.20 Å². The maximum absolute atomic E-state index is 16.8. The number of nitrogens with zero attached hydrogens (tertiary/aromatic N) is 7. The molecule has 0 radical (unpaired) electrons. The standard InChI is InChI=1S/C33H32F7N9O2/c1-15-19(33(38,39)40)23(44-26(42)20(15)34)24-21(35)22-18-27(49(9-10-50-28(18)45-24)16(2)17-5-3-7-43-25(17)41)47-29(46-22)51-14-31-6-4-8-48(31)13-30(11-31)12-32(30,36)37/h3,5,7,16H,4,6,8-14H2,1-2H3,(H2,41,43)(H2,42,44)/t16-,30-,31+/m1/s1. The summed E-state index contributed by atoms with van der Waals surface area (Å²) in [7, 11) is 0. The van der Waals surface area contributed by atoms with Gasteiger partial charge in [0, 0.05) is 30.3 Å². The normalized spacial score (nSPS) is 24.5. The van der Waals surface area contributed by atoms with Crippen molar-refractivity contribution in [3.05, 3.63) is 46.7 Å². The minimum atomic E-state index is -5.18. The van der Waals surface area contributed by atoms with Gasteiger partial charge in [0.1, 0.15) is 47.1 Å². The highest BCUT2D eigenvalue weighted by Crippen LogP contribution is 2.69. The molecule has 18 heteroatoms. The van der Waals surface area contributed by atoms with Crippen molar-refractivity contribution < 1.29 is 40.2 Å². The molecule has 0 amide bonds. The van der Waals surface area contributed by atoms with Crippen LogP contribution in [0.2, 0.25) is 0 Å². The summed E-state index contributed by atoms with van der Waals surface area (Å²) in [6.07, 6.45) is -2.30. The monoisotopic (exact) mass is 719 g/mol. The van der Waals surface area contributed by atoms with E-state index in [2.05, 4.69) is 24.9 Å². The van der Waals surface area contributed by atoms with Gasteiger partial charge in [0.05, 0.1) is 29.1 Å². The fourth-order valence-electron chi connectivity index (χ4n) is 8.18. The number of aromatic nitrogens is 5. The molecule has 4 aliphatic rings. The molecule has 3 atom stereocenters. The Kier molecular flexibility index (Phi) is 7.29. The molecule has 7 heterocycles. The first-order valence-corrected chi connectivity index (χ1v) is 16.4. The predicted molar refractivity (Wildman–Crippen MR) is 170 cm³/mol. The van der Waals surface area contributed by atoms with Crippen LogP contribution >= 0.6 is 0 Å². The molecule has 1 spiro atoms. The highest BCUT2D eigenvalue weighted by molar-refractivity contribution is 5.97. The summed E-state index contributed by atoms with van der Waals surface area (Å²) in [5.41, 5.74) is 5.62. The maximum Gasteiger partial charge on any atom is 0.418 e. The Balaban J connectivity index is 1.30. The zero-order valence-electron chi connectivity index (χ0n) is 27.4. The van der Waals surface area contributed by atoms with Crippen molar-refractivity contribution in [1.82, 2.24) is 29.8 Å². The van der Waals surface area contributed by atoms with Gasteiger partial charge < -0.3 is 25.8 Å². The van der Waals surface area contributed by atoms with Gasteiger partial charge >= 0.3 is 12.2 Å². The summed E-state index contributed by atoms with van der Waals surface area (Å²) in [6, 6.07) is 2.55. The lowest BCUT2D eigenvalue weighted by Gasteiger charge is -2.32. The zero-order chi connectivity index (χ0) is 36.2. The van der Waals surface area contributed by atoms with Gasteiger partial charge in [0.15, 0.2) is 17.5 Å². The molecule has 3 aliphatic heterocycles. The number of hydrogen-bond acceptors (Lipinski definition) is 11. The number of fused-ring (bicyclic) bond motifs is 1. The fourth-order valence-corrected chi connectivity index (χ4v) is 8.18. The van der Waals surface area contributed by atoms with Crippen LogP contribution in [-0.2, 0) is 6.18 Å². The molecule has 11 nitrogen and oxygen atoms in total. The van der Waals surface area contributed by atoms with Crippen LogP contribution in [0.5, 0.6) is 11.9 Å². The first-order valence-electron chi connectivity index (χ1n) is 16.4. The number of ether oxygens (including phenoxy) is 2. The summed E-state index contributed by atoms with van der Waals surface area (Å²) >= 11 is 0. The van der Waals surface area contributed by atoms with Gasteiger partial charge in [0.25, 0.3) is 5.92 Å². The molecule has 4 aromatic rings. The Hall–Kier alpha value is -4.74. The van der Waals surface area contributed by atoms with Crippen molar-refractivity contribution in [2.24, 2.45) is 5.41 Å². The van der Waals surface area contributed by atoms with E-state index in [4.69, 9.17) is 20.9 Å². The fraction of sp³-hybridized carbons (Fsp3) is 0.485. The molecule has 0 unspecified atom stereocenters. The van der Waals surface area contributed by atoms with Gasteiger partial charge in [-0.25, -0.2) is 32.5 Å². The number of halogens is 7. The molecule has 270 valence electrons. The molecule has 3 fully saturated rings. The average Bonchev–Trinajstić information content (AvgIpc) is 3.27. The van der Waals surface area contributed by atoms with Crippen LogP contribution in [0.4, 0.5) is 48.2 Å². The average molecular weight is 720 g/mol. The number of anilines is 3. The second-order valence-corrected chi connectivity index (χ2v) is 13.9. The minimum absolute atomic E-state index is 0.0751. The Bertz CT molecular complexity index is 2100. The van der Waals surface area contributed by atoms with Crippen molar-refractivity contribution >= 4 is 28.4 Å². The van der Waals surface area contributed by atoms with E-state index in [0.717, 1.165) is 13.3 Å². The molecule has 4 aromatic heterocycles. The Morgan fingerprint density at radius 2 is 1.78 bits per heavy atom. The van der Waals surface area contributed by atoms with E-state index >= 15 is 4.39 Å². The van der Waals surface area contributed by atoms with Crippen LogP contribution in [-0.4, -0.2) is 74.1 Å². The van der Waals surface area contributed by atoms with Gasteiger partial charge in [-0.05, 0) is 45.7 Å². The lowest BCUT2D eigenvalue weighted by molar-refractivity contribution is -0.137. The Morgan fingerprint density at radius 1 is 1.02 bits per heavy atom. The second kappa shape index (κ2) is 11.1. The van der Waals surface area contributed by atoms with E-state index in [9.17, 15) is 26.3 Å². The summed E-state index contributed by atoms with van der Waals surface area (Å²) in [5.74, 6) is -6.41. The quantitative estimate of drug-likeness (QED) is 0.232. The summed E-state index contributed by atoms with van der Waals surface area (Å²) in [6.45, 7) is 3.46. The minimum Gasteiger partial charge on any atom is -0.475 e. The highest BCUT2D eigenvalue weighted by atomic mass is 19.4. The molecular formula is C33H32F7N9O2. The van der Waals surface area contributed by atoms with Gasteiger partial charge in [-0.2, -0.15) is 23.1 Å². The number of nitrogen functional groups attached to an aromatic ring is 2. The third kappa shape index (κ3) is 5.07. The highest BCUT2D eigenvalue weighted by Gasteiger charge is 2.77. The molecular weight excluding hydrogens is 687 g/mol. The summed E-state index contributed by atoms with van der Waals surface area (Å²) < 4.78 is 116. The number of rotatable bonds is 6. The smallest absolute Gasteiger partial charge is 0.418 e. The molecule has 1 saturated carbocycles. The largest absolute Gasteiger partial charge is 0.475 e. The van der Waals surface area contributed by atoms with Crippen molar-refractivity contribution in [1.29, 1.82) is 0 Å². The third-order valence-corrected chi connectivity index (χ3v) is 10.8. The summed E-state index contributed by atoms with van der Waals surface area (Å²) in [4.78, 5) is 24.6. The van der Waals surface area contributed by atoms with E-state index in [0.29, 0.717) is 18.5 Å². The lowest BCUT2D eigenvalue weighted by Crippen LogP contribution is -2.43. The van der Waals surface area contributed by atoms with Crippen molar-refractivity contribution in [2.45, 2.75) is 63.2 Å². The number of nitrogens with two attached hydrogens (primary N) is 2. The molecule has 4 N–H and O–H groups in total. The van der Waals surface area contributed by atoms with Crippen molar-refractivity contribution in [2.75, 3.05) is 49.2 Å². The van der Waals surface area contributed by atoms with Gasteiger partial charge in [-0.15, -0.1) is 0 Å². The van der Waals surface area contributed by atoms with Gasteiger partial charge in [-0.1, -0.05) is 6.07 Å². The number of pyridine rings is 3. The third-order valence-electron chi connectivity index (χ3n) is 10.8. The van der Waals surface area contributed by atoms with Crippen LogP contribution in [0.1, 0.15) is 55.3 Å². The molecule has 0 bridgehead atoms.